The van der Waals surface area contributed by atoms with E-state index < -0.39 is 0 Å². The standard InChI is InChI=1S/C12H15NOS2.ClH/c1-9(14)16-12-4-5-13-8-10(12)7-11-3-2-6-15-11;/h2-3,6-7,12-13H,4-5,8H2,1H3;1H. The molecule has 1 unspecified atom stereocenters. The Morgan fingerprint density at radius 1 is 1.65 bits per heavy atom. The molecular weight excluding hydrogens is 274 g/mol. The summed E-state index contributed by atoms with van der Waals surface area (Å²) in [7, 11) is 0. The van der Waals surface area contributed by atoms with E-state index in [2.05, 4.69) is 28.9 Å². The summed E-state index contributed by atoms with van der Waals surface area (Å²) in [6.07, 6.45) is 3.26. The van der Waals surface area contributed by atoms with Crippen molar-refractivity contribution in [3.8, 4) is 0 Å². The molecule has 1 aromatic rings. The molecule has 0 aromatic carbocycles. The largest absolute Gasteiger partial charge is 0.313 e. The number of carbonyl (C=O) groups is 1. The van der Waals surface area contributed by atoms with E-state index in [-0.39, 0.29) is 17.5 Å². The van der Waals surface area contributed by atoms with Crippen LogP contribution < -0.4 is 5.32 Å². The third-order valence-electron chi connectivity index (χ3n) is 2.51. The smallest absolute Gasteiger partial charge is 0.186 e. The SMILES string of the molecule is CC(=O)SC1CCNCC1=Cc1cccs1.Cl. The number of halogens is 1. The average Bonchev–Trinajstić information content (AvgIpc) is 2.73. The Morgan fingerprint density at radius 3 is 3.12 bits per heavy atom. The lowest BCUT2D eigenvalue weighted by Gasteiger charge is -2.24. The van der Waals surface area contributed by atoms with Crippen molar-refractivity contribution >= 4 is 46.7 Å². The Labute approximate surface area is 116 Å². The molecule has 94 valence electrons. The maximum Gasteiger partial charge on any atom is 0.186 e. The quantitative estimate of drug-likeness (QED) is 0.906. The van der Waals surface area contributed by atoms with Gasteiger partial charge in [-0.1, -0.05) is 17.8 Å². The van der Waals surface area contributed by atoms with Gasteiger partial charge < -0.3 is 5.32 Å². The second-order valence-electron chi connectivity index (χ2n) is 3.80. The summed E-state index contributed by atoms with van der Waals surface area (Å²) >= 11 is 3.20. The Morgan fingerprint density at radius 2 is 2.47 bits per heavy atom. The van der Waals surface area contributed by atoms with Gasteiger partial charge in [0.25, 0.3) is 0 Å². The Hall–Kier alpha value is -0.290. The molecule has 0 radical (unpaired) electrons. The van der Waals surface area contributed by atoms with Crippen LogP contribution in [0.5, 0.6) is 0 Å². The van der Waals surface area contributed by atoms with Crippen LogP contribution in [0.25, 0.3) is 6.08 Å². The fourth-order valence-electron chi connectivity index (χ4n) is 1.80. The van der Waals surface area contributed by atoms with Gasteiger partial charge in [-0.3, -0.25) is 4.79 Å². The van der Waals surface area contributed by atoms with Crippen molar-refractivity contribution in [3.05, 3.63) is 28.0 Å². The predicted molar refractivity (Wildman–Crippen MR) is 79.1 cm³/mol. The van der Waals surface area contributed by atoms with Gasteiger partial charge in [-0.2, -0.15) is 0 Å². The molecule has 2 rings (SSSR count). The van der Waals surface area contributed by atoms with Crippen LogP contribution in [0.2, 0.25) is 0 Å². The molecule has 1 aliphatic rings. The summed E-state index contributed by atoms with van der Waals surface area (Å²) < 4.78 is 0. The van der Waals surface area contributed by atoms with E-state index >= 15 is 0 Å². The highest BCUT2D eigenvalue weighted by atomic mass is 35.5. The predicted octanol–water partition coefficient (Wildman–Crippen LogP) is 3.19. The first kappa shape index (κ1) is 14.8. The summed E-state index contributed by atoms with van der Waals surface area (Å²) in [5.41, 5.74) is 1.34. The molecule has 2 heterocycles. The van der Waals surface area contributed by atoms with Crippen molar-refractivity contribution in [2.45, 2.75) is 18.6 Å². The van der Waals surface area contributed by atoms with E-state index in [0.717, 1.165) is 19.5 Å². The summed E-state index contributed by atoms with van der Waals surface area (Å²) in [6.45, 7) is 3.56. The van der Waals surface area contributed by atoms with Gasteiger partial charge in [0.05, 0.1) is 0 Å². The van der Waals surface area contributed by atoms with Crippen LogP contribution in [-0.2, 0) is 4.79 Å². The molecule has 17 heavy (non-hydrogen) atoms. The fraction of sp³-hybridized carbons (Fsp3) is 0.417. The van der Waals surface area contributed by atoms with Gasteiger partial charge in [-0.25, -0.2) is 0 Å². The zero-order valence-corrected chi connectivity index (χ0v) is 12.1. The van der Waals surface area contributed by atoms with Gasteiger partial charge in [-0.15, -0.1) is 23.7 Å². The molecule has 2 nitrogen and oxygen atoms in total. The highest BCUT2D eigenvalue weighted by Crippen LogP contribution is 2.27. The number of nitrogens with one attached hydrogen (secondary N) is 1. The third-order valence-corrected chi connectivity index (χ3v) is 4.48. The molecule has 5 heteroatoms. The van der Waals surface area contributed by atoms with Crippen molar-refractivity contribution in [3.63, 3.8) is 0 Å². The number of hydrogen-bond acceptors (Lipinski definition) is 4. The van der Waals surface area contributed by atoms with E-state index in [0.29, 0.717) is 5.25 Å². The minimum absolute atomic E-state index is 0. The zero-order chi connectivity index (χ0) is 11.4. The van der Waals surface area contributed by atoms with Gasteiger partial charge in [-0.05, 0) is 36.1 Å². The van der Waals surface area contributed by atoms with Crippen molar-refractivity contribution in [2.24, 2.45) is 0 Å². The molecule has 1 N–H and O–H groups in total. The van der Waals surface area contributed by atoms with E-state index in [1.807, 2.05) is 0 Å². The molecule has 0 spiro atoms. The van der Waals surface area contributed by atoms with Crippen LogP contribution in [-0.4, -0.2) is 23.5 Å². The van der Waals surface area contributed by atoms with Crippen LogP contribution in [0.3, 0.4) is 0 Å². The van der Waals surface area contributed by atoms with E-state index in [1.54, 1.807) is 18.3 Å². The van der Waals surface area contributed by atoms with Gasteiger partial charge >= 0.3 is 0 Å². The second kappa shape index (κ2) is 7.21. The van der Waals surface area contributed by atoms with Crippen LogP contribution in [0.1, 0.15) is 18.2 Å². The molecule has 0 saturated carbocycles. The Bertz CT molecular complexity index is 389. The number of piperidine rings is 1. The Balaban J connectivity index is 0.00000144. The maximum absolute atomic E-state index is 11.2. The molecule has 1 aromatic heterocycles. The molecule has 0 bridgehead atoms. The minimum Gasteiger partial charge on any atom is -0.313 e. The lowest BCUT2D eigenvalue weighted by molar-refractivity contribution is -0.109. The van der Waals surface area contributed by atoms with Gasteiger partial charge in [0.2, 0.25) is 0 Å². The number of hydrogen-bond donors (Lipinski definition) is 1. The first-order valence-electron chi connectivity index (χ1n) is 5.37. The third kappa shape index (κ3) is 4.47. The minimum atomic E-state index is 0. The second-order valence-corrected chi connectivity index (χ2v) is 6.16. The number of rotatable bonds is 2. The van der Waals surface area contributed by atoms with Gasteiger partial charge in [0.15, 0.2) is 5.12 Å². The first-order valence-corrected chi connectivity index (χ1v) is 7.13. The first-order chi connectivity index (χ1) is 7.75. The average molecular weight is 290 g/mol. The molecule has 1 atom stereocenters. The lowest BCUT2D eigenvalue weighted by Crippen LogP contribution is -2.32. The van der Waals surface area contributed by atoms with Gasteiger partial charge in [0.1, 0.15) is 0 Å². The highest BCUT2D eigenvalue weighted by molar-refractivity contribution is 8.14. The summed E-state index contributed by atoms with van der Waals surface area (Å²) in [6, 6.07) is 4.17. The van der Waals surface area contributed by atoms with Crippen molar-refractivity contribution in [1.29, 1.82) is 0 Å². The number of carbonyl (C=O) groups excluding carboxylic acids is 1. The fourth-order valence-corrected chi connectivity index (χ4v) is 3.43. The summed E-state index contributed by atoms with van der Waals surface area (Å²) in [4.78, 5) is 12.4. The van der Waals surface area contributed by atoms with Crippen LogP contribution in [0, 0.1) is 0 Å². The molecule has 0 aliphatic carbocycles. The molecule has 1 fully saturated rings. The molecule has 1 saturated heterocycles. The lowest BCUT2D eigenvalue weighted by atomic mass is 10.1. The number of thioether (sulfide) groups is 1. The zero-order valence-electron chi connectivity index (χ0n) is 9.64. The monoisotopic (exact) mass is 289 g/mol. The van der Waals surface area contributed by atoms with Crippen molar-refractivity contribution < 1.29 is 4.79 Å². The molecule has 1 aliphatic heterocycles. The topological polar surface area (TPSA) is 29.1 Å². The summed E-state index contributed by atoms with van der Waals surface area (Å²) in [5, 5.41) is 6.02. The van der Waals surface area contributed by atoms with Crippen LogP contribution in [0.4, 0.5) is 0 Å². The van der Waals surface area contributed by atoms with Crippen LogP contribution >= 0.6 is 35.5 Å². The van der Waals surface area contributed by atoms with Gasteiger partial charge in [0, 0.05) is 23.6 Å². The van der Waals surface area contributed by atoms with Crippen molar-refractivity contribution in [1.82, 2.24) is 5.32 Å². The highest BCUT2D eigenvalue weighted by Gasteiger charge is 2.20. The molecule has 0 amide bonds. The van der Waals surface area contributed by atoms with Crippen molar-refractivity contribution in [2.75, 3.05) is 13.1 Å². The molecular formula is C12H16ClNOS2. The number of thiophene rings is 1. The summed E-state index contributed by atoms with van der Waals surface area (Å²) in [5.74, 6) is 0. The van der Waals surface area contributed by atoms with E-state index in [1.165, 1.54) is 22.2 Å². The Kier molecular flexibility index (Phi) is 6.27. The van der Waals surface area contributed by atoms with E-state index in [4.69, 9.17) is 0 Å². The van der Waals surface area contributed by atoms with Crippen LogP contribution in [0.15, 0.2) is 23.1 Å². The van der Waals surface area contributed by atoms with E-state index in [9.17, 15) is 4.79 Å². The normalized spacial score (nSPS) is 22.2. The maximum atomic E-state index is 11.2.